The van der Waals surface area contributed by atoms with Crippen molar-refractivity contribution in [3.8, 4) is 0 Å². The second kappa shape index (κ2) is 12.0. The van der Waals surface area contributed by atoms with Gasteiger partial charge in [0, 0.05) is 43.8 Å². The predicted molar refractivity (Wildman–Crippen MR) is 135 cm³/mol. The van der Waals surface area contributed by atoms with Crippen molar-refractivity contribution in [2.45, 2.75) is 77.9 Å². The number of hydrogen-bond donors (Lipinski definition) is 0. The number of piperidine rings is 1. The van der Waals surface area contributed by atoms with E-state index in [1.165, 1.54) is 12.8 Å². The standard InChI is InChI=1S/C27H44N4O2/c1-6-26(32)31-17-15-23-11-9-12-24(30(23)16-14-21(2)3)19-29(27(33)20-28(4)5)18-22-10-7-8-13-25(22)31/h7-8,10,13,21,23-24H,6,9,11-12,14-20H2,1-5H3. The van der Waals surface area contributed by atoms with Crippen molar-refractivity contribution in [1.29, 1.82) is 0 Å². The van der Waals surface area contributed by atoms with Crippen LogP contribution in [0.4, 0.5) is 5.69 Å². The average Bonchev–Trinajstić information content (AvgIpc) is 2.78. The third-order valence-corrected chi connectivity index (χ3v) is 7.15. The molecule has 0 radical (unpaired) electrons. The molecular weight excluding hydrogens is 412 g/mol. The summed E-state index contributed by atoms with van der Waals surface area (Å²) >= 11 is 0. The molecule has 2 aliphatic rings. The van der Waals surface area contributed by atoms with E-state index in [9.17, 15) is 9.59 Å². The highest BCUT2D eigenvalue weighted by Crippen LogP contribution is 2.31. The van der Waals surface area contributed by atoms with Crippen LogP contribution in [0.1, 0.15) is 64.9 Å². The number of benzene rings is 1. The zero-order valence-corrected chi connectivity index (χ0v) is 21.4. The molecule has 2 aliphatic heterocycles. The van der Waals surface area contributed by atoms with Gasteiger partial charge in [-0.1, -0.05) is 45.4 Å². The van der Waals surface area contributed by atoms with E-state index in [0.29, 0.717) is 37.5 Å². The highest BCUT2D eigenvalue weighted by Gasteiger charge is 2.34. The fourth-order valence-electron chi connectivity index (χ4n) is 5.34. The maximum atomic E-state index is 13.4. The van der Waals surface area contributed by atoms with Crippen LogP contribution in [0.25, 0.3) is 0 Å². The van der Waals surface area contributed by atoms with E-state index in [4.69, 9.17) is 0 Å². The Balaban J connectivity index is 2.01. The topological polar surface area (TPSA) is 47.1 Å². The molecule has 184 valence electrons. The average molecular weight is 457 g/mol. The molecule has 2 amide bonds. The zero-order valence-electron chi connectivity index (χ0n) is 21.4. The van der Waals surface area contributed by atoms with Crippen LogP contribution in [-0.4, -0.2) is 78.9 Å². The van der Waals surface area contributed by atoms with Crippen LogP contribution in [0.15, 0.2) is 24.3 Å². The first-order chi connectivity index (χ1) is 15.8. The molecule has 2 atom stereocenters. The quantitative estimate of drug-likeness (QED) is 0.649. The highest BCUT2D eigenvalue weighted by atomic mass is 16.2. The normalized spacial score (nSPS) is 22.3. The summed E-state index contributed by atoms with van der Waals surface area (Å²) in [6.07, 6.45) is 6.15. The molecule has 2 heterocycles. The maximum absolute atomic E-state index is 13.4. The Labute approximate surface area is 200 Å². The van der Waals surface area contributed by atoms with Crippen molar-refractivity contribution in [3.05, 3.63) is 29.8 Å². The van der Waals surface area contributed by atoms with Crippen molar-refractivity contribution in [3.63, 3.8) is 0 Å². The zero-order chi connectivity index (χ0) is 24.0. The van der Waals surface area contributed by atoms with E-state index in [1.54, 1.807) is 0 Å². The summed E-state index contributed by atoms with van der Waals surface area (Å²) in [5.41, 5.74) is 2.04. The summed E-state index contributed by atoms with van der Waals surface area (Å²) in [6, 6.07) is 9.02. The van der Waals surface area contributed by atoms with Crippen LogP contribution >= 0.6 is 0 Å². The Hall–Kier alpha value is -1.92. The molecule has 1 fully saturated rings. The summed E-state index contributed by atoms with van der Waals surface area (Å²) in [5.74, 6) is 0.972. The van der Waals surface area contributed by atoms with Crippen molar-refractivity contribution in [2.24, 2.45) is 5.92 Å². The third-order valence-electron chi connectivity index (χ3n) is 7.15. The molecule has 1 aromatic carbocycles. The number of anilines is 1. The van der Waals surface area contributed by atoms with E-state index in [1.807, 2.05) is 47.9 Å². The Kier molecular flexibility index (Phi) is 9.33. The number of fused-ring (bicyclic) bond motifs is 3. The maximum Gasteiger partial charge on any atom is 0.237 e. The van der Waals surface area contributed by atoms with Crippen LogP contribution in [0.5, 0.6) is 0 Å². The van der Waals surface area contributed by atoms with Crippen molar-refractivity contribution in [2.75, 3.05) is 45.2 Å². The molecule has 0 aromatic heterocycles. The molecule has 6 nitrogen and oxygen atoms in total. The lowest BCUT2D eigenvalue weighted by molar-refractivity contribution is -0.133. The predicted octanol–water partition coefficient (Wildman–Crippen LogP) is 3.99. The number of carbonyl (C=O) groups is 2. The lowest BCUT2D eigenvalue weighted by Gasteiger charge is -2.44. The van der Waals surface area contributed by atoms with Gasteiger partial charge in [-0.25, -0.2) is 0 Å². The van der Waals surface area contributed by atoms with Gasteiger partial charge < -0.3 is 14.7 Å². The first-order valence-corrected chi connectivity index (χ1v) is 12.9. The Morgan fingerprint density at radius 1 is 1.06 bits per heavy atom. The minimum Gasteiger partial charge on any atom is -0.336 e. The molecule has 1 saturated heterocycles. The van der Waals surface area contributed by atoms with Gasteiger partial charge in [0.2, 0.25) is 11.8 Å². The third kappa shape index (κ3) is 6.80. The van der Waals surface area contributed by atoms with Gasteiger partial charge in [-0.2, -0.15) is 0 Å². The molecule has 0 spiro atoms. The lowest BCUT2D eigenvalue weighted by atomic mass is 9.92. The number of nitrogens with zero attached hydrogens (tertiary/aromatic N) is 4. The molecule has 6 heteroatoms. The van der Waals surface area contributed by atoms with Gasteiger partial charge in [0.1, 0.15) is 0 Å². The molecule has 0 aliphatic carbocycles. The molecule has 0 N–H and O–H groups in total. The van der Waals surface area contributed by atoms with E-state index in [-0.39, 0.29) is 11.8 Å². The molecule has 0 saturated carbocycles. The number of rotatable bonds is 6. The minimum absolute atomic E-state index is 0.161. The van der Waals surface area contributed by atoms with Crippen molar-refractivity contribution >= 4 is 17.5 Å². The summed E-state index contributed by atoms with van der Waals surface area (Å²) in [4.78, 5) is 35.1. The Morgan fingerprint density at radius 2 is 1.79 bits per heavy atom. The fourth-order valence-corrected chi connectivity index (χ4v) is 5.34. The summed E-state index contributed by atoms with van der Waals surface area (Å²) in [5, 5.41) is 0. The van der Waals surface area contributed by atoms with E-state index >= 15 is 0 Å². The second-order valence-electron chi connectivity index (χ2n) is 10.5. The van der Waals surface area contributed by atoms with Crippen molar-refractivity contribution < 1.29 is 9.59 Å². The highest BCUT2D eigenvalue weighted by molar-refractivity contribution is 5.94. The molecular formula is C27H44N4O2. The summed E-state index contributed by atoms with van der Waals surface area (Å²) in [7, 11) is 3.90. The van der Waals surface area contributed by atoms with Gasteiger partial charge >= 0.3 is 0 Å². The summed E-state index contributed by atoms with van der Waals surface area (Å²) in [6.45, 7) is 10.0. The first-order valence-electron chi connectivity index (χ1n) is 12.9. The molecule has 3 rings (SSSR count). The summed E-state index contributed by atoms with van der Waals surface area (Å²) < 4.78 is 0. The first kappa shape index (κ1) is 25.7. The lowest BCUT2D eigenvalue weighted by Crippen LogP contribution is -2.53. The van der Waals surface area contributed by atoms with Crippen molar-refractivity contribution in [1.82, 2.24) is 14.7 Å². The second-order valence-corrected chi connectivity index (χ2v) is 10.5. The van der Waals surface area contributed by atoms with Crippen LogP contribution in [0.2, 0.25) is 0 Å². The number of para-hydroxylation sites is 1. The van der Waals surface area contributed by atoms with Gasteiger partial charge in [-0.3, -0.25) is 14.5 Å². The Bertz CT molecular complexity index is 794. The Morgan fingerprint density at radius 3 is 2.48 bits per heavy atom. The van der Waals surface area contributed by atoms with E-state index in [2.05, 4.69) is 30.9 Å². The molecule has 33 heavy (non-hydrogen) atoms. The van der Waals surface area contributed by atoms with Gasteiger partial charge in [-0.15, -0.1) is 0 Å². The van der Waals surface area contributed by atoms with Gasteiger partial charge in [0.25, 0.3) is 0 Å². The molecule has 1 aromatic rings. The van der Waals surface area contributed by atoms with Crippen LogP contribution < -0.4 is 4.90 Å². The smallest absolute Gasteiger partial charge is 0.237 e. The molecule has 2 unspecified atom stereocenters. The number of amides is 2. The fraction of sp³-hybridized carbons (Fsp3) is 0.704. The number of carbonyl (C=O) groups excluding carboxylic acids is 2. The largest absolute Gasteiger partial charge is 0.336 e. The molecule has 2 bridgehead atoms. The van der Waals surface area contributed by atoms with Gasteiger partial charge in [-0.05, 0) is 63.9 Å². The SMILES string of the molecule is CCC(=O)N1CCC2CCCC(CN(C(=O)CN(C)C)Cc3ccccc31)N2CCC(C)C. The number of hydrogen-bond acceptors (Lipinski definition) is 4. The van der Waals surface area contributed by atoms with E-state index < -0.39 is 0 Å². The van der Waals surface area contributed by atoms with Crippen LogP contribution in [0.3, 0.4) is 0 Å². The van der Waals surface area contributed by atoms with Crippen LogP contribution in [-0.2, 0) is 16.1 Å². The minimum atomic E-state index is 0.161. The van der Waals surface area contributed by atoms with Crippen LogP contribution in [0, 0.1) is 5.92 Å². The monoisotopic (exact) mass is 456 g/mol. The van der Waals surface area contributed by atoms with Gasteiger partial charge in [0.05, 0.1) is 6.54 Å². The van der Waals surface area contributed by atoms with E-state index in [0.717, 1.165) is 50.1 Å². The van der Waals surface area contributed by atoms with Gasteiger partial charge in [0.15, 0.2) is 0 Å². The number of likely N-dealkylation sites (N-methyl/N-ethyl adjacent to an activating group) is 1.